The molecule has 1 unspecified atom stereocenters. The average molecular weight is 690 g/mol. The highest BCUT2D eigenvalue weighted by molar-refractivity contribution is 5.80. The number of amides is 1. The van der Waals surface area contributed by atoms with Crippen molar-refractivity contribution >= 4 is 17.8 Å². The largest absolute Gasteiger partial charge is 0.480 e. The molecule has 0 heterocycles. The van der Waals surface area contributed by atoms with E-state index in [1.807, 2.05) is 0 Å². The van der Waals surface area contributed by atoms with Gasteiger partial charge in [0, 0.05) is 12.8 Å². The van der Waals surface area contributed by atoms with Crippen LogP contribution in [0.3, 0.4) is 0 Å². The highest BCUT2D eigenvalue weighted by Crippen LogP contribution is 2.19. The van der Waals surface area contributed by atoms with E-state index in [1.54, 1.807) is 0 Å². The number of esters is 1. The lowest BCUT2D eigenvalue weighted by Crippen LogP contribution is -2.28. The number of unbranched alkanes of at least 4 members (excludes halogenated alkanes) is 23. The topological polar surface area (TPSA) is 92.7 Å². The fourth-order valence-corrected chi connectivity index (χ4v) is 6.24. The minimum absolute atomic E-state index is 0.0234. The number of carboxylic acid groups (broad SMARTS) is 1. The smallest absolute Gasteiger partial charge is 0.322 e. The monoisotopic (exact) mass is 690 g/mol. The van der Waals surface area contributed by atoms with E-state index in [-0.39, 0.29) is 24.5 Å². The van der Waals surface area contributed by atoms with Gasteiger partial charge in [-0.2, -0.15) is 0 Å². The molecule has 49 heavy (non-hydrogen) atoms. The van der Waals surface area contributed by atoms with Crippen molar-refractivity contribution in [1.29, 1.82) is 0 Å². The molecule has 0 aliphatic rings. The van der Waals surface area contributed by atoms with Crippen LogP contribution in [0.15, 0.2) is 24.3 Å². The molecule has 0 saturated carbocycles. The number of carbonyl (C=O) groups excluding carboxylic acids is 2. The summed E-state index contributed by atoms with van der Waals surface area (Å²) in [5, 5.41) is 11.1. The van der Waals surface area contributed by atoms with E-state index in [0.717, 1.165) is 77.0 Å². The second-order valence-electron chi connectivity index (χ2n) is 14.2. The van der Waals surface area contributed by atoms with Gasteiger partial charge in [0.1, 0.15) is 12.6 Å². The Balaban J connectivity index is 4.19. The number of aliphatic carboxylic acids is 1. The molecule has 0 radical (unpaired) electrons. The SMILES string of the molecule is CCCC/C=C\C/C=C\CCCCCCCC(=O)OC(CCCCCCCCCCCCCCC)CCCCCCCC(=O)NCC(=O)O. The number of allylic oxidation sites excluding steroid dienone is 4. The normalized spacial score (nSPS) is 12.2. The number of carbonyl (C=O) groups is 3. The van der Waals surface area contributed by atoms with Crippen molar-refractivity contribution in [1.82, 2.24) is 5.32 Å². The zero-order valence-corrected chi connectivity index (χ0v) is 32.3. The highest BCUT2D eigenvalue weighted by Gasteiger charge is 2.14. The number of hydrogen-bond acceptors (Lipinski definition) is 4. The summed E-state index contributed by atoms with van der Waals surface area (Å²) >= 11 is 0. The van der Waals surface area contributed by atoms with E-state index in [2.05, 4.69) is 43.5 Å². The van der Waals surface area contributed by atoms with Crippen LogP contribution in [0.5, 0.6) is 0 Å². The van der Waals surface area contributed by atoms with Crippen molar-refractivity contribution in [2.24, 2.45) is 0 Å². The molecule has 1 atom stereocenters. The zero-order chi connectivity index (χ0) is 35.9. The summed E-state index contributed by atoms with van der Waals surface area (Å²) in [6.45, 7) is 4.19. The van der Waals surface area contributed by atoms with Crippen molar-refractivity contribution in [3.8, 4) is 0 Å². The molecule has 286 valence electrons. The van der Waals surface area contributed by atoms with Gasteiger partial charge in [0.25, 0.3) is 0 Å². The zero-order valence-electron chi connectivity index (χ0n) is 32.3. The minimum atomic E-state index is -1.02. The van der Waals surface area contributed by atoms with Crippen LogP contribution in [-0.2, 0) is 19.1 Å². The molecule has 0 aliphatic heterocycles. The third kappa shape index (κ3) is 38.5. The van der Waals surface area contributed by atoms with E-state index in [4.69, 9.17) is 9.84 Å². The molecular weight excluding hydrogens is 610 g/mol. The van der Waals surface area contributed by atoms with Crippen LogP contribution in [0.25, 0.3) is 0 Å². The van der Waals surface area contributed by atoms with Gasteiger partial charge in [-0.05, 0) is 64.2 Å². The summed E-state index contributed by atoms with van der Waals surface area (Å²) in [6, 6.07) is 0. The second-order valence-corrected chi connectivity index (χ2v) is 14.2. The Morgan fingerprint density at radius 2 is 0.959 bits per heavy atom. The molecule has 0 aliphatic carbocycles. The molecular formula is C43H79NO5. The highest BCUT2D eigenvalue weighted by atomic mass is 16.5. The third-order valence-corrected chi connectivity index (χ3v) is 9.38. The lowest BCUT2D eigenvalue weighted by Gasteiger charge is -2.18. The van der Waals surface area contributed by atoms with E-state index in [9.17, 15) is 14.4 Å². The van der Waals surface area contributed by atoms with Gasteiger partial charge >= 0.3 is 11.9 Å². The van der Waals surface area contributed by atoms with Crippen LogP contribution in [0.4, 0.5) is 0 Å². The van der Waals surface area contributed by atoms with Crippen molar-refractivity contribution in [3.63, 3.8) is 0 Å². The average Bonchev–Trinajstić information content (AvgIpc) is 3.08. The second kappa shape index (κ2) is 38.7. The minimum Gasteiger partial charge on any atom is -0.480 e. The van der Waals surface area contributed by atoms with Gasteiger partial charge in [-0.25, -0.2) is 0 Å². The number of rotatable bonds is 38. The third-order valence-electron chi connectivity index (χ3n) is 9.38. The molecule has 6 nitrogen and oxygen atoms in total. The predicted octanol–water partition coefficient (Wildman–Crippen LogP) is 12.7. The number of carboxylic acids is 1. The van der Waals surface area contributed by atoms with Crippen molar-refractivity contribution < 1.29 is 24.2 Å². The van der Waals surface area contributed by atoms with Crippen molar-refractivity contribution in [2.45, 2.75) is 225 Å². The van der Waals surface area contributed by atoms with Gasteiger partial charge in [-0.1, -0.05) is 167 Å². The quantitative estimate of drug-likeness (QED) is 0.0382. The van der Waals surface area contributed by atoms with E-state index in [1.165, 1.54) is 116 Å². The molecule has 0 fully saturated rings. The molecule has 0 aromatic heterocycles. The standard InChI is InChI=1S/C43H79NO5/c1-3-5-7-9-11-13-15-17-19-21-23-25-30-34-38-43(48)49-40(36-32-28-26-29-33-37-41(45)44-39-42(46)47)35-31-27-24-22-20-18-16-14-12-10-8-6-4-2/h9,11,15,17,40H,3-8,10,12-14,16,18-39H2,1-2H3,(H,44,45)(H,46,47)/b11-9-,17-15-. The maximum absolute atomic E-state index is 12.7. The maximum atomic E-state index is 12.7. The molecule has 6 heteroatoms. The Hall–Kier alpha value is -2.11. The summed E-state index contributed by atoms with van der Waals surface area (Å²) in [7, 11) is 0. The molecule has 0 rings (SSSR count). The molecule has 0 bridgehead atoms. The van der Waals surface area contributed by atoms with Gasteiger partial charge in [-0.15, -0.1) is 0 Å². The van der Waals surface area contributed by atoms with Gasteiger partial charge in [0.15, 0.2) is 0 Å². The summed E-state index contributed by atoms with van der Waals surface area (Å²) in [5.41, 5.74) is 0. The fourth-order valence-electron chi connectivity index (χ4n) is 6.24. The van der Waals surface area contributed by atoms with Crippen LogP contribution >= 0.6 is 0 Å². The molecule has 0 spiro atoms. The van der Waals surface area contributed by atoms with Crippen LogP contribution in [0, 0.1) is 0 Å². The Morgan fingerprint density at radius 1 is 0.531 bits per heavy atom. The molecule has 1 amide bonds. The molecule has 0 saturated heterocycles. The first-order chi connectivity index (χ1) is 24.0. The van der Waals surface area contributed by atoms with Crippen LogP contribution in [-0.4, -0.2) is 35.6 Å². The van der Waals surface area contributed by atoms with Crippen LogP contribution in [0.2, 0.25) is 0 Å². The maximum Gasteiger partial charge on any atom is 0.322 e. The summed E-state index contributed by atoms with van der Waals surface area (Å²) in [5.74, 6) is -1.24. The predicted molar refractivity (Wildman–Crippen MR) is 208 cm³/mol. The first kappa shape index (κ1) is 46.9. The van der Waals surface area contributed by atoms with Gasteiger partial charge in [-0.3, -0.25) is 14.4 Å². The van der Waals surface area contributed by atoms with Gasteiger partial charge in [0.2, 0.25) is 5.91 Å². The lowest BCUT2D eigenvalue weighted by molar-refractivity contribution is -0.150. The molecule has 0 aromatic carbocycles. The number of nitrogens with one attached hydrogen (secondary N) is 1. The number of ether oxygens (including phenoxy) is 1. The Bertz CT molecular complexity index is 808. The molecule has 2 N–H and O–H groups in total. The number of hydrogen-bond donors (Lipinski definition) is 2. The summed E-state index contributed by atoms with van der Waals surface area (Å²) in [4.78, 5) is 35.0. The lowest BCUT2D eigenvalue weighted by atomic mass is 10.0. The summed E-state index contributed by atoms with van der Waals surface area (Å²) in [6.07, 6.45) is 45.8. The first-order valence-electron chi connectivity index (χ1n) is 21.0. The van der Waals surface area contributed by atoms with Gasteiger partial charge < -0.3 is 15.2 Å². The van der Waals surface area contributed by atoms with Crippen LogP contribution < -0.4 is 5.32 Å². The fraction of sp³-hybridized carbons (Fsp3) is 0.837. The Labute approximate surface area is 303 Å². The molecule has 0 aromatic rings. The summed E-state index contributed by atoms with van der Waals surface area (Å²) < 4.78 is 6.02. The first-order valence-corrected chi connectivity index (χ1v) is 21.0. The van der Waals surface area contributed by atoms with Crippen LogP contribution in [0.1, 0.15) is 219 Å². The van der Waals surface area contributed by atoms with E-state index < -0.39 is 5.97 Å². The van der Waals surface area contributed by atoms with E-state index in [0.29, 0.717) is 12.8 Å². The Morgan fingerprint density at radius 3 is 1.47 bits per heavy atom. The van der Waals surface area contributed by atoms with E-state index >= 15 is 0 Å². The van der Waals surface area contributed by atoms with Crippen molar-refractivity contribution in [2.75, 3.05) is 6.54 Å². The van der Waals surface area contributed by atoms with Gasteiger partial charge in [0.05, 0.1) is 0 Å². The Kier molecular flexibility index (Phi) is 37.0. The van der Waals surface area contributed by atoms with Crippen molar-refractivity contribution in [3.05, 3.63) is 24.3 Å².